The summed E-state index contributed by atoms with van der Waals surface area (Å²) in [7, 11) is 0. The molecule has 1 aromatic carbocycles. The van der Waals surface area contributed by atoms with E-state index in [1.165, 1.54) is 23.8 Å². The van der Waals surface area contributed by atoms with Crippen LogP contribution in [0.3, 0.4) is 0 Å². The van der Waals surface area contributed by atoms with E-state index in [2.05, 4.69) is 48.5 Å². The predicted molar refractivity (Wildman–Crippen MR) is 99.9 cm³/mol. The van der Waals surface area contributed by atoms with Gasteiger partial charge in [-0.25, -0.2) is 4.98 Å². The summed E-state index contributed by atoms with van der Waals surface area (Å²) in [6, 6.07) is 8.39. The molecule has 4 heteroatoms. The Balaban J connectivity index is 1.91. The second-order valence-electron chi connectivity index (χ2n) is 6.66. The van der Waals surface area contributed by atoms with Gasteiger partial charge in [0.2, 0.25) is 5.91 Å². The minimum absolute atomic E-state index is 0.0921. The normalized spacial score (nSPS) is 11.1. The van der Waals surface area contributed by atoms with E-state index in [1.807, 2.05) is 6.07 Å². The Kier molecular flexibility index (Phi) is 7.04. The van der Waals surface area contributed by atoms with Crippen LogP contribution in [0.4, 0.5) is 0 Å². The molecule has 0 aliphatic rings. The van der Waals surface area contributed by atoms with E-state index in [4.69, 9.17) is 4.98 Å². The molecule has 1 heterocycles. The summed E-state index contributed by atoms with van der Waals surface area (Å²) in [5.74, 6) is 1.78. The van der Waals surface area contributed by atoms with Crippen molar-refractivity contribution in [1.29, 1.82) is 0 Å². The van der Waals surface area contributed by atoms with Crippen LogP contribution in [0.15, 0.2) is 36.9 Å². The number of hydrogen-bond acceptors (Lipinski definition) is 2. The van der Waals surface area contributed by atoms with Crippen LogP contribution in [0.1, 0.15) is 45.4 Å². The van der Waals surface area contributed by atoms with Crippen molar-refractivity contribution in [2.24, 2.45) is 5.92 Å². The van der Waals surface area contributed by atoms with Crippen molar-refractivity contribution in [3.63, 3.8) is 0 Å². The lowest BCUT2D eigenvalue weighted by atomic mass is 10.1. The van der Waals surface area contributed by atoms with E-state index in [0.29, 0.717) is 12.5 Å². The molecule has 0 aliphatic carbocycles. The van der Waals surface area contributed by atoms with Crippen LogP contribution < -0.4 is 5.32 Å². The first-order chi connectivity index (χ1) is 11.6. The number of fused-ring (bicyclic) bond motifs is 1. The van der Waals surface area contributed by atoms with Crippen molar-refractivity contribution in [2.75, 3.05) is 6.54 Å². The molecular formula is C20H29N3O. The highest BCUT2D eigenvalue weighted by molar-refractivity contribution is 5.86. The molecule has 0 aliphatic heterocycles. The molecule has 4 nitrogen and oxygen atoms in total. The zero-order chi connectivity index (χ0) is 17.4. The maximum Gasteiger partial charge on any atom is 0.243 e. The number of para-hydroxylation sites is 2. The first-order valence-corrected chi connectivity index (χ1v) is 8.96. The van der Waals surface area contributed by atoms with E-state index in [9.17, 15) is 4.79 Å². The predicted octanol–water partition coefficient (Wildman–Crippen LogP) is 4.10. The fourth-order valence-corrected chi connectivity index (χ4v) is 2.82. The summed E-state index contributed by atoms with van der Waals surface area (Å²) in [4.78, 5) is 15.9. The maximum absolute atomic E-state index is 11.1. The highest BCUT2D eigenvalue weighted by Gasteiger charge is 2.10. The summed E-state index contributed by atoms with van der Waals surface area (Å²) >= 11 is 0. The van der Waals surface area contributed by atoms with Gasteiger partial charge in [0.25, 0.3) is 0 Å². The van der Waals surface area contributed by atoms with Gasteiger partial charge in [0.1, 0.15) is 5.82 Å². The van der Waals surface area contributed by atoms with Crippen LogP contribution in [0.5, 0.6) is 0 Å². The second-order valence-corrected chi connectivity index (χ2v) is 6.66. The van der Waals surface area contributed by atoms with E-state index < -0.39 is 0 Å². The number of aryl methyl sites for hydroxylation is 2. The number of imidazole rings is 1. The number of benzene rings is 1. The fourth-order valence-electron chi connectivity index (χ4n) is 2.82. The number of rotatable bonds is 10. The van der Waals surface area contributed by atoms with Crippen LogP contribution in [0.25, 0.3) is 11.0 Å². The molecule has 0 bridgehead atoms. The first-order valence-electron chi connectivity index (χ1n) is 8.96. The molecule has 0 saturated carbocycles. The molecule has 2 rings (SSSR count). The van der Waals surface area contributed by atoms with Gasteiger partial charge in [-0.1, -0.05) is 39.0 Å². The fraction of sp³-hybridized carbons (Fsp3) is 0.500. The molecule has 0 spiro atoms. The number of unbranched alkanes of at least 4 members (excludes halogenated alkanes) is 2. The third-order valence-electron chi connectivity index (χ3n) is 4.23. The number of aromatic nitrogens is 2. The van der Waals surface area contributed by atoms with Gasteiger partial charge in [-0.3, -0.25) is 4.79 Å². The highest BCUT2D eigenvalue weighted by atomic mass is 16.1. The van der Waals surface area contributed by atoms with Gasteiger partial charge in [0, 0.05) is 19.5 Å². The Morgan fingerprint density at radius 1 is 1.29 bits per heavy atom. The Labute approximate surface area is 145 Å². The van der Waals surface area contributed by atoms with Crippen LogP contribution in [-0.2, 0) is 17.8 Å². The lowest BCUT2D eigenvalue weighted by molar-refractivity contribution is -0.116. The number of nitrogens with zero attached hydrogens (tertiary/aromatic N) is 2. The van der Waals surface area contributed by atoms with E-state index >= 15 is 0 Å². The summed E-state index contributed by atoms with van der Waals surface area (Å²) in [5, 5.41) is 2.82. The van der Waals surface area contributed by atoms with Gasteiger partial charge < -0.3 is 9.88 Å². The molecule has 2 aromatic rings. The zero-order valence-electron chi connectivity index (χ0n) is 14.9. The van der Waals surface area contributed by atoms with Crippen molar-refractivity contribution < 1.29 is 4.79 Å². The molecule has 1 amide bonds. The molecule has 1 aromatic heterocycles. The average molecular weight is 327 g/mol. The topological polar surface area (TPSA) is 46.9 Å². The number of carbonyl (C=O) groups is 1. The van der Waals surface area contributed by atoms with Gasteiger partial charge in [0.15, 0.2) is 0 Å². The summed E-state index contributed by atoms with van der Waals surface area (Å²) in [5.41, 5.74) is 2.33. The van der Waals surface area contributed by atoms with Crippen LogP contribution >= 0.6 is 0 Å². The van der Waals surface area contributed by atoms with E-state index in [1.54, 1.807) is 0 Å². The molecular weight excluding hydrogens is 298 g/mol. The van der Waals surface area contributed by atoms with Crippen molar-refractivity contribution in [3.05, 3.63) is 42.7 Å². The Bertz CT molecular complexity index is 673. The Hall–Kier alpha value is -2.10. The summed E-state index contributed by atoms with van der Waals surface area (Å²) in [6.07, 6.45) is 6.64. The highest BCUT2D eigenvalue weighted by Crippen LogP contribution is 2.19. The molecule has 1 N–H and O–H groups in total. The SMILES string of the molecule is C=CC(=O)NCCCCCc1nc2ccccc2n1CCC(C)C. The number of hydrogen-bond donors (Lipinski definition) is 1. The standard InChI is InChI=1S/C20H29N3O/c1-4-20(24)21-14-9-5-6-12-19-22-17-10-7-8-11-18(17)23(19)15-13-16(2)3/h4,7-8,10-11,16H,1,5-6,9,12-15H2,2-3H3,(H,21,24). The molecule has 0 unspecified atom stereocenters. The lowest BCUT2D eigenvalue weighted by Crippen LogP contribution is -2.21. The van der Waals surface area contributed by atoms with Crippen LogP contribution in [0, 0.1) is 5.92 Å². The minimum Gasteiger partial charge on any atom is -0.353 e. The molecule has 130 valence electrons. The maximum atomic E-state index is 11.1. The van der Waals surface area contributed by atoms with Crippen molar-refractivity contribution in [3.8, 4) is 0 Å². The van der Waals surface area contributed by atoms with Gasteiger partial charge in [-0.15, -0.1) is 0 Å². The minimum atomic E-state index is -0.0921. The third kappa shape index (κ3) is 5.22. The van der Waals surface area contributed by atoms with Crippen LogP contribution in [-0.4, -0.2) is 22.0 Å². The number of carbonyl (C=O) groups excluding carboxylic acids is 1. The van der Waals surface area contributed by atoms with Gasteiger partial charge in [-0.05, 0) is 43.4 Å². The monoisotopic (exact) mass is 327 g/mol. The van der Waals surface area contributed by atoms with Crippen molar-refractivity contribution in [1.82, 2.24) is 14.9 Å². The van der Waals surface area contributed by atoms with Crippen LogP contribution in [0.2, 0.25) is 0 Å². The van der Waals surface area contributed by atoms with E-state index in [-0.39, 0.29) is 5.91 Å². The van der Waals surface area contributed by atoms with Gasteiger partial charge >= 0.3 is 0 Å². The first kappa shape index (κ1) is 18.2. The van der Waals surface area contributed by atoms with Crippen molar-refractivity contribution >= 4 is 16.9 Å². The molecule has 0 radical (unpaired) electrons. The molecule has 24 heavy (non-hydrogen) atoms. The zero-order valence-corrected chi connectivity index (χ0v) is 14.9. The van der Waals surface area contributed by atoms with Gasteiger partial charge in [-0.2, -0.15) is 0 Å². The summed E-state index contributed by atoms with van der Waals surface area (Å²) in [6.45, 7) is 9.72. The van der Waals surface area contributed by atoms with Crippen molar-refractivity contribution in [2.45, 2.75) is 52.5 Å². The quantitative estimate of drug-likeness (QED) is 0.527. The second kappa shape index (κ2) is 9.26. The third-order valence-corrected chi connectivity index (χ3v) is 4.23. The number of amides is 1. The largest absolute Gasteiger partial charge is 0.353 e. The Morgan fingerprint density at radius 3 is 2.83 bits per heavy atom. The lowest BCUT2D eigenvalue weighted by Gasteiger charge is -2.11. The molecule has 0 fully saturated rings. The number of nitrogens with one attached hydrogen (secondary N) is 1. The smallest absolute Gasteiger partial charge is 0.243 e. The molecule has 0 atom stereocenters. The van der Waals surface area contributed by atoms with Gasteiger partial charge in [0.05, 0.1) is 11.0 Å². The Morgan fingerprint density at radius 2 is 2.08 bits per heavy atom. The molecule has 0 saturated heterocycles. The van der Waals surface area contributed by atoms with E-state index in [0.717, 1.165) is 37.7 Å². The summed E-state index contributed by atoms with van der Waals surface area (Å²) < 4.78 is 2.38. The average Bonchev–Trinajstić information content (AvgIpc) is 2.93.